The number of phenolic OH excluding ortho intramolecular Hbond substituents is 1. The third kappa shape index (κ3) is 5.20. The van der Waals surface area contributed by atoms with Crippen molar-refractivity contribution in [3.63, 3.8) is 0 Å². The number of rotatable bonds is 4. The highest BCUT2D eigenvalue weighted by atomic mass is 32.2. The Bertz CT molecular complexity index is 1420. The summed E-state index contributed by atoms with van der Waals surface area (Å²) in [4.78, 5) is 12.2. The molecule has 192 valence electrons. The van der Waals surface area contributed by atoms with Gasteiger partial charge in [0, 0.05) is 17.3 Å². The van der Waals surface area contributed by atoms with Gasteiger partial charge in [-0.1, -0.05) is 20.8 Å². The molecule has 0 atom stereocenters. The number of carbonyl (C=O) groups is 1. The predicted molar refractivity (Wildman–Crippen MR) is 125 cm³/mol. The van der Waals surface area contributed by atoms with Gasteiger partial charge < -0.3 is 10.4 Å². The number of halogens is 5. The van der Waals surface area contributed by atoms with Gasteiger partial charge in [0.25, 0.3) is 15.7 Å². The lowest BCUT2D eigenvalue weighted by Crippen LogP contribution is -2.23. The molecule has 3 rings (SSSR count). The van der Waals surface area contributed by atoms with Gasteiger partial charge in [0.1, 0.15) is 17.4 Å². The van der Waals surface area contributed by atoms with Crippen LogP contribution in [0.4, 0.5) is 27.6 Å². The van der Waals surface area contributed by atoms with E-state index in [2.05, 4.69) is 5.32 Å². The number of carbonyl (C=O) groups excluding carboxylic acids is 1. The van der Waals surface area contributed by atoms with Gasteiger partial charge >= 0.3 is 5.51 Å². The molecule has 5 nitrogen and oxygen atoms in total. The molecular weight excluding hydrogens is 505 g/mol. The number of benzene rings is 3. The standard InChI is InChI=1S/C25H22F5NO4S/c1-13-19(14-9-15(26)11-16(27)10-14)12-20(24(2,3)4)22(32)21(13)23(33)31-17-5-7-18(8-6-17)36(34,35)25(28,29)30/h5-12,32H,1-4H3,(H,31,33). The van der Waals surface area contributed by atoms with E-state index in [0.717, 1.165) is 24.3 Å². The van der Waals surface area contributed by atoms with Gasteiger partial charge in [0.15, 0.2) is 0 Å². The Balaban J connectivity index is 2.10. The van der Waals surface area contributed by atoms with Gasteiger partial charge in [-0.3, -0.25) is 4.79 Å². The minimum absolute atomic E-state index is 0.0422. The van der Waals surface area contributed by atoms with Crippen molar-refractivity contribution in [2.75, 3.05) is 5.32 Å². The molecule has 0 aliphatic rings. The van der Waals surface area contributed by atoms with Crippen LogP contribution in [0.5, 0.6) is 5.75 Å². The Morgan fingerprint density at radius 1 is 0.917 bits per heavy atom. The van der Waals surface area contributed by atoms with Crippen molar-refractivity contribution in [1.29, 1.82) is 0 Å². The van der Waals surface area contributed by atoms with Crippen LogP contribution in [0.2, 0.25) is 0 Å². The number of hydrogen-bond acceptors (Lipinski definition) is 4. The summed E-state index contributed by atoms with van der Waals surface area (Å²) >= 11 is 0. The van der Waals surface area contributed by atoms with Crippen LogP contribution in [0.1, 0.15) is 42.3 Å². The maximum absolute atomic E-state index is 13.9. The fourth-order valence-electron chi connectivity index (χ4n) is 3.67. The molecule has 0 spiro atoms. The summed E-state index contributed by atoms with van der Waals surface area (Å²) in [6.07, 6.45) is 0. The fourth-order valence-corrected chi connectivity index (χ4v) is 4.43. The van der Waals surface area contributed by atoms with Crippen LogP contribution in [0.25, 0.3) is 11.1 Å². The summed E-state index contributed by atoms with van der Waals surface area (Å²) in [6, 6.07) is 7.72. The van der Waals surface area contributed by atoms with Crippen molar-refractivity contribution in [3.05, 3.63) is 76.9 Å². The number of phenols is 1. The van der Waals surface area contributed by atoms with E-state index in [0.29, 0.717) is 23.8 Å². The third-order valence-electron chi connectivity index (χ3n) is 5.50. The molecule has 0 bridgehead atoms. The predicted octanol–water partition coefficient (Wildman–Crippen LogP) is 6.49. The molecule has 36 heavy (non-hydrogen) atoms. The summed E-state index contributed by atoms with van der Waals surface area (Å²) in [6.45, 7) is 6.75. The highest BCUT2D eigenvalue weighted by Gasteiger charge is 2.46. The zero-order chi connectivity index (χ0) is 27.2. The second kappa shape index (κ2) is 9.20. The topological polar surface area (TPSA) is 83.5 Å². The largest absolute Gasteiger partial charge is 0.507 e. The number of hydrogen-bond donors (Lipinski definition) is 2. The van der Waals surface area contributed by atoms with Crippen molar-refractivity contribution >= 4 is 21.4 Å². The lowest BCUT2D eigenvalue weighted by atomic mass is 9.81. The molecule has 1 amide bonds. The molecule has 2 N–H and O–H groups in total. The SMILES string of the molecule is Cc1c(-c2cc(F)cc(F)c2)cc(C(C)(C)C)c(O)c1C(=O)Nc1ccc(S(=O)(=O)C(F)(F)F)cc1. The first kappa shape index (κ1) is 27.1. The molecule has 3 aromatic rings. The Kier molecular flexibility index (Phi) is 6.93. The van der Waals surface area contributed by atoms with E-state index >= 15 is 0 Å². The molecule has 0 aromatic heterocycles. The van der Waals surface area contributed by atoms with Gasteiger partial charge in [-0.2, -0.15) is 13.2 Å². The third-order valence-corrected chi connectivity index (χ3v) is 7.00. The fraction of sp³-hybridized carbons (Fsp3) is 0.240. The molecule has 0 aliphatic carbocycles. The van der Waals surface area contributed by atoms with E-state index in [-0.39, 0.29) is 33.7 Å². The first-order valence-corrected chi connectivity index (χ1v) is 12.0. The Morgan fingerprint density at radius 2 is 1.44 bits per heavy atom. The summed E-state index contributed by atoms with van der Waals surface area (Å²) in [7, 11) is -5.57. The van der Waals surface area contributed by atoms with Crippen LogP contribution in [-0.4, -0.2) is 24.9 Å². The Labute approximate surface area is 204 Å². The number of aromatic hydroxyl groups is 1. The summed E-state index contributed by atoms with van der Waals surface area (Å²) in [5.41, 5.74) is -5.52. The Morgan fingerprint density at radius 3 is 1.92 bits per heavy atom. The second-order valence-corrected chi connectivity index (χ2v) is 11.1. The van der Waals surface area contributed by atoms with E-state index in [4.69, 9.17) is 0 Å². The average molecular weight is 528 g/mol. The van der Waals surface area contributed by atoms with Crippen LogP contribution in [0, 0.1) is 18.6 Å². The van der Waals surface area contributed by atoms with Gasteiger partial charge in [-0.15, -0.1) is 0 Å². The summed E-state index contributed by atoms with van der Waals surface area (Å²) in [5, 5.41) is 13.4. The quantitative estimate of drug-likeness (QED) is 0.380. The van der Waals surface area contributed by atoms with Crippen LogP contribution < -0.4 is 5.32 Å². The van der Waals surface area contributed by atoms with Gasteiger partial charge in [-0.25, -0.2) is 17.2 Å². The zero-order valence-corrected chi connectivity index (χ0v) is 20.4. The molecule has 11 heteroatoms. The molecule has 0 radical (unpaired) electrons. The van der Waals surface area contributed by atoms with Gasteiger partial charge in [-0.05, 0) is 71.5 Å². The van der Waals surface area contributed by atoms with Crippen LogP contribution in [0.15, 0.2) is 53.4 Å². The van der Waals surface area contributed by atoms with Crippen molar-refractivity contribution in [2.45, 2.75) is 43.5 Å². The molecule has 0 saturated carbocycles. The number of anilines is 1. The maximum Gasteiger partial charge on any atom is 0.501 e. The Hall–Kier alpha value is -3.47. The van der Waals surface area contributed by atoms with E-state index < -0.39 is 43.2 Å². The number of alkyl halides is 3. The molecule has 0 aliphatic heterocycles. The minimum Gasteiger partial charge on any atom is -0.507 e. The first-order valence-electron chi connectivity index (χ1n) is 10.5. The summed E-state index contributed by atoms with van der Waals surface area (Å²) in [5.74, 6) is -2.92. The van der Waals surface area contributed by atoms with Crippen molar-refractivity contribution in [1.82, 2.24) is 0 Å². The molecule has 0 saturated heterocycles. The maximum atomic E-state index is 13.9. The molecule has 0 fully saturated rings. The van der Waals surface area contributed by atoms with Gasteiger partial charge in [0.05, 0.1) is 10.5 Å². The number of nitrogens with one attached hydrogen (secondary N) is 1. The van der Waals surface area contributed by atoms with Crippen LogP contribution in [-0.2, 0) is 15.3 Å². The number of sulfone groups is 1. The average Bonchev–Trinajstić information content (AvgIpc) is 2.71. The minimum atomic E-state index is -5.57. The lowest BCUT2D eigenvalue weighted by molar-refractivity contribution is -0.0436. The van der Waals surface area contributed by atoms with E-state index in [1.165, 1.54) is 13.0 Å². The monoisotopic (exact) mass is 527 g/mol. The zero-order valence-electron chi connectivity index (χ0n) is 19.6. The smallest absolute Gasteiger partial charge is 0.501 e. The highest BCUT2D eigenvalue weighted by Crippen LogP contribution is 2.41. The van der Waals surface area contributed by atoms with Crippen molar-refractivity contribution < 1.29 is 40.3 Å². The van der Waals surface area contributed by atoms with Gasteiger partial charge in [0.2, 0.25) is 0 Å². The van der Waals surface area contributed by atoms with Crippen molar-refractivity contribution in [2.24, 2.45) is 0 Å². The first-order chi connectivity index (χ1) is 16.4. The lowest BCUT2D eigenvalue weighted by Gasteiger charge is -2.25. The molecular formula is C25H22F5NO4S. The molecule has 0 unspecified atom stereocenters. The van der Waals surface area contributed by atoms with E-state index in [9.17, 15) is 40.3 Å². The normalized spacial score (nSPS) is 12.5. The molecule has 3 aromatic carbocycles. The van der Waals surface area contributed by atoms with Crippen LogP contribution in [0.3, 0.4) is 0 Å². The second-order valence-electron chi connectivity index (χ2n) is 9.16. The molecule has 0 heterocycles. The van der Waals surface area contributed by atoms with E-state index in [1.54, 1.807) is 20.8 Å². The highest BCUT2D eigenvalue weighted by molar-refractivity contribution is 7.92. The summed E-state index contributed by atoms with van der Waals surface area (Å²) < 4.78 is 89.2. The number of amides is 1. The van der Waals surface area contributed by atoms with E-state index in [1.807, 2.05) is 0 Å². The van der Waals surface area contributed by atoms with Crippen molar-refractivity contribution in [3.8, 4) is 16.9 Å². The van der Waals surface area contributed by atoms with Crippen LogP contribution >= 0.6 is 0 Å².